The van der Waals surface area contributed by atoms with E-state index in [2.05, 4.69) is 0 Å². The number of alkyl halides is 1. The van der Waals surface area contributed by atoms with E-state index < -0.39 is 0 Å². The molecule has 0 aromatic rings. The average Bonchev–Trinajstić information content (AvgIpc) is 1.61. The highest BCUT2D eigenvalue weighted by molar-refractivity contribution is 6.17. The van der Waals surface area contributed by atoms with Crippen LogP contribution in [-0.4, -0.2) is 17.6 Å². The summed E-state index contributed by atoms with van der Waals surface area (Å²) in [6.45, 7) is 0.271. The van der Waals surface area contributed by atoms with Crippen LogP contribution in [-0.2, 0) is 0 Å². The van der Waals surface area contributed by atoms with Crippen molar-refractivity contribution in [3.8, 4) is 0 Å². The van der Waals surface area contributed by atoms with E-state index in [1.807, 2.05) is 0 Å². The van der Waals surface area contributed by atoms with E-state index >= 15 is 0 Å². The summed E-state index contributed by atoms with van der Waals surface area (Å²) < 4.78 is 0. The number of hydrogen-bond donors (Lipinski definition) is 1. The van der Waals surface area contributed by atoms with Gasteiger partial charge in [0.1, 0.15) is 0 Å². The van der Waals surface area contributed by atoms with Crippen molar-refractivity contribution in [2.24, 2.45) is 0 Å². The highest BCUT2D eigenvalue weighted by Crippen LogP contribution is 1.87. The molecule has 0 heterocycles. The molecule has 0 aliphatic rings. The van der Waals surface area contributed by atoms with E-state index in [1.54, 1.807) is 0 Å². The Kier molecular flexibility index (Phi) is 5.47. The Labute approximate surface area is 44.4 Å². The van der Waals surface area contributed by atoms with Crippen molar-refractivity contribution in [2.75, 3.05) is 12.5 Å². The maximum atomic E-state index is 8.14. The van der Waals surface area contributed by atoms with Crippen molar-refractivity contribution in [1.29, 1.82) is 0 Å². The smallest absolute Gasteiger partial charge is 0.396 e. The third kappa shape index (κ3) is 4.25. The molecule has 0 aromatic heterocycles. The molecule has 0 bridgehead atoms. The molecule has 1 N–H and O–H groups in total. The van der Waals surface area contributed by atoms with Crippen LogP contribution in [0, 0.1) is 0 Å². The zero-order valence-electron chi connectivity index (χ0n) is 4.65. The molecular formula is C4H10ClO+. The molecule has 0 fully saturated rings. The zero-order valence-corrected chi connectivity index (χ0v) is 4.41. The molecule has 0 aliphatic carbocycles. The first-order valence-electron chi connectivity index (χ1n) is 2.08. The lowest BCUT2D eigenvalue weighted by Gasteiger charge is -1.84. The van der Waals surface area contributed by atoms with E-state index in [0.29, 0.717) is 5.88 Å². The van der Waals surface area contributed by atoms with Crippen LogP contribution in [0.25, 0.3) is 0 Å². The topological polar surface area (TPSA) is 20.2 Å². The number of aliphatic hydroxyl groups is 1. The first-order chi connectivity index (χ1) is 2.91. The lowest BCUT2D eigenvalue weighted by molar-refractivity contribution is 0.287. The van der Waals surface area contributed by atoms with Crippen LogP contribution in [0.3, 0.4) is 0 Å². The Morgan fingerprint density at radius 1 is 1.50 bits per heavy atom. The fourth-order valence-electron chi connectivity index (χ4n) is 0.206. The second-order valence-corrected chi connectivity index (χ2v) is 1.50. The molecule has 1 nitrogen and oxygen atoms in total. The average molecular weight is 110 g/mol. The molecule has 6 heavy (non-hydrogen) atoms. The van der Waals surface area contributed by atoms with Crippen molar-refractivity contribution in [2.45, 2.75) is 12.8 Å². The third-order valence-electron chi connectivity index (χ3n) is 0.542. The van der Waals surface area contributed by atoms with Gasteiger partial charge in [0.05, 0.1) is 0 Å². The Morgan fingerprint density at radius 3 is 2.33 bits per heavy atom. The highest BCUT2D eigenvalue weighted by atomic mass is 35.5. The summed E-state index contributed by atoms with van der Waals surface area (Å²) in [5.74, 6) is 0.667. The number of rotatable bonds is 3. The first-order valence-corrected chi connectivity index (χ1v) is 2.62. The maximum absolute atomic E-state index is 8.14. The van der Waals surface area contributed by atoms with E-state index in [4.69, 9.17) is 16.7 Å². The predicted molar refractivity (Wildman–Crippen MR) is 28.2 cm³/mol. The second-order valence-electron chi connectivity index (χ2n) is 1.12. The maximum Gasteiger partial charge on any atom is 1.00 e. The number of aliphatic hydroxyl groups excluding tert-OH is 1. The molecule has 0 radical (unpaired) electrons. The summed E-state index contributed by atoms with van der Waals surface area (Å²) in [5, 5.41) is 8.14. The van der Waals surface area contributed by atoms with E-state index in [-0.39, 0.29) is 8.03 Å². The Bertz CT molecular complexity index is 23.7. The second kappa shape index (κ2) is 5.25. The van der Waals surface area contributed by atoms with E-state index in [1.165, 1.54) is 0 Å². The van der Waals surface area contributed by atoms with Gasteiger partial charge < -0.3 is 5.11 Å². The molecule has 0 saturated carbocycles. The molecule has 0 unspecified atom stereocenters. The summed E-state index contributed by atoms with van der Waals surface area (Å²) in [5.41, 5.74) is 0. The van der Waals surface area contributed by atoms with Gasteiger partial charge >= 0.3 is 1.43 Å². The number of unbranched alkanes of at least 4 members (excludes halogenated alkanes) is 1. The SMILES string of the molecule is OCCCCCl.[H+]. The Morgan fingerprint density at radius 2 is 2.17 bits per heavy atom. The van der Waals surface area contributed by atoms with Gasteiger partial charge in [-0.1, -0.05) is 0 Å². The van der Waals surface area contributed by atoms with Crippen LogP contribution in [0.2, 0.25) is 0 Å². The van der Waals surface area contributed by atoms with Crippen molar-refractivity contribution in [3.05, 3.63) is 0 Å². The fraction of sp³-hybridized carbons (Fsp3) is 1.00. The van der Waals surface area contributed by atoms with Crippen molar-refractivity contribution >= 4 is 11.6 Å². The van der Waals surface area contributed by atoms with Crippen molar-refractivity contribution < 1.29 is 6.53 Å². The van der Waals surface area contributed by atoms with E-state index in [0.717, 1.165) is 12.8 Å². The number of hydrogen-bond acceptors (Lipinski definition) is 1. The molecule has 0 atom stereocenters. The molecule has 0 amide bonds. The standard InChI is InChI=1S/C4H9ClO/c5-3-1-2-4-6/h6H,1-4H2/p+1. The van der Waals surface area contributed by atoms with Crippen LogP contribution in [0.4, 0.5) is 0 Å². The van der Waals surface area contributed by atoms with Crippen LogP contribution in [0.15, 0.2) is 0 Å². The van der Waals surface area contributed by atoms with Gasteiger partial charge in [0.25, 0.3) is 0 Å². The molecular weight excluding hydrogens is 99.5 g/mol. The highest BCUT2D eigenvalue weighted by Gasteiger charge is 1.77. The van der Waals surface area contributed by atoms with Gasteiger partial charge in [-0.25, -0.2) is 0 Å². The molecule has 38 valence electrons. The summed E-state index contributed by atoms with van der Waals surface area (Å²) >= 11 is 5.27. The monoisotopic (exact) mass is 109 g/mol. The molecule has 0 spiro atoms. The predicted octanol–water partition coefficient (Wildman–Crippen LogP) is 1.11. The van der Waals surface area contributed by atoms with Crippen molar-refractivity contribution in [3.63, 3.8) is 0 Å². The van der Waals surface area contributed by atoms with Gasteiger partial charge in [-0.05, 0) is 12.8 Å². The Hall–Kier alpha value is 0.250. The molecule has 0 aliphatic heterocycles. The van der Waals surface area contributed by atoms with Crippen LogP contribution in [0.1, 0.15) is 14.3 Å². The van der Waals surface area contributed by atoms with Gasteiger partial charge in [-0.15, -0.1) is 11.6 Å². The first kappa shape index (κ1) is 6.25. The van der Waals surface area contributed by atoms with Crippen LogP contribution >= 0.6 is 11.6 Å². The van der Waals surface area contributed by atoms with Gasteiger partial charge in [0.15, 0.2) is 0 Å². The van der Waals surface area contributed by atoms with Gasteiger partial charge in [0, 0.05) is 12.5 Å². The lowest BCUT2D eigenvalue weighted by Crippen LogP contribution is -1.81. The van der Waals surface area contributed by atoms with E-state index in [9.17, 15) is 0 Å². The summed E-state index contributed by atoms with van der Waals surface area (Å²) in [6, 6.07) is 0. The summed E-state index contributed by atoms with van der Waals surface area (Å²) in [4.78, 5) is 0. The quantitative estimate of drug-likeness (QED) is 0.425. The minimum atomic E-state index is 0. The molecule has 0 saturated heterocycles. The van der Waals surface area contributed by atoms with Crippen molar-refractivity contribution in [1.82, 2.24) is 0 Å². The minimum Gasteiger partial charge on any atom is -0.396 e. The van der Waals surface area contributed by atoms with Gasteiger partial charge in [-0.3, -0.25) is 0 Å². The minimum absolute atomic E-state index is 0. The molecule has 0 aromatic carbocycles. The van der Waals surface area contributed by atoms with Gasteiger partial charge in [0.2, 0.25) is 0 Å². The van der Waals surface area contributed by atoms with Crippen LogP contribution < -0.4 is 0 Å². The molecule has 2 heteroatoms. The normalized spacial score (nSPS) is 9.00. The van der Waals surface area contributed by atoms with Crippen LogP contribution in [0.5, 0.6) is 0 Å². The number of halogens is 1. The summed E-state index contributed by atoms with van der Waals surface area (Å²) in [6.07, 6.45) is 1.77. The fourth-order valence-corrected chi connectivity index (χ4v) is 0.395. The largest absolute Gasteiger partial charge is 1.00 e. The summed E-state index contributed by atoms with van der Waals surface area (Å²) in [7, 11) is 0. The third-order valence-corrected chi connectivity index (χ3v) is 0.809. The molecule has 0 rings (SSSR count). The Balaban J connectivity index is 0. The lowest BCUT2D eigenvalue weighted by atomic mass is 10.4. The zero-order chi connectivity index (χ0) is 4.83. The van der Waals surface area contributed by atoms with Gasteiger partial charge in [-0.2, -0.15) is 0 Å².